The molecule has 0 aromatic carbocycles. The first kappa shape index (κ1) is 42.7. The minimum absolute atomic E-state index is 0.195. The van der Waals surface area contributed by atoms with E-state index in [1.54, 1.807) is 24.8 Å². The van der Waals surface area contributed by atoms with Gasteiger partial charge in [-0.25, -0.2) is 0 Å². The summed E-state index contributed by atoms with van der Waals surface area (Å²) in [6.45, 7) is 32.4. The minimum Gasteiger partial charge on any atom is -0.252 e. The summed E-state index contributed by atoms with van der Waals surface area (Å²) in [5.74, 6) is 1.77. The molecule has 0 radical (unpaired) electrons. The highest BCUT2D eigenvalue weighted by molar-refractivity contribution is 5.07. The second kappa shape index (κ2) is 24.9. The Kier molecular flexibility index (Phi) is 24.2. The van der Waals surface area contributed by atoms with Gasteiger partial charge in [-0.2, -0.15) is 30.8 Å². The van der Waals surface area contributed by atoms with E-state index in [1.807, 2.05) is 21.8 Å². The summed E-state index contributed by atoms with van der Waals surface area (Å²) in [7, 11) is 0. The number of nitrogens with zero attached hydrogens (tertiary/aromatic N) is 10. The fourth-order valence-corrected chi connectivity index (χ4v) is 2.48. The molecule has 0 atom stereocenters. The maximum Gasteiger partial charge on any atom is 0.0887 e. The van der Waals surface area contributed by atoms with E-state index in [0.29, 0.717) is 6.42 Å². The van der Waals surface area contributed by atoms with Crippen LogP contribution in [0.4, 0.5) is 0 Å². The van der Waals surface area contributed by atoms with Gasteiger partial charge in [-0.3, -0.25) is 9.36 Å². The highest BCUT2D eigenvalue weighted by Crippen LogP contribution is 2.17. The van der Waals surface area contributed by atoms with E-state index in [2.05, 4.69) is 148 Å². The number of aromatic amines is 2. The molecule has 44 heavy (non-hydrogen) atoms. The predicted octanol–water partition coefficient (Wildman–Crippen LogP) is 7.68. The average molecular weight is 617 g/mol. The van der Waals surface area contributed by atoms with Gasteiger partial charge in [0, 0.05) is 31.9 Å². The number of nitrogens with one attached hydrogen (secondary N) is 2. The largest absolute Gasteiger partial charge is 0.252 e. The molecule has 0 saturated heterocycles. The summed E-state index contributed by atoms with van der Waals surface area (Å²) < 4.78 is 3.80. The molecule has 4 aromatic rings. The van der Waals surface area contributed by atoms with Crippen molar-refractivity contribution in [2.75, 3.05) is 0 Å². The molecule has 252 valence electrons. The lowest BCUT2D eigenvalue weighted by Crippen LogP contribution is -2.15. The lowest BCUT2D eigenvalue weighted by atomic mass is 9.97. The average Bonchev–Trinajstić information content (AvgIpc) is 3.75. The fourth-order valence-electron chi connectivity index (χ4n) is 2.48. The van der Waals surface area contributed by atoms with Crippen LogP contribution in [0.5, 0.6) is 0 Å². The van der Waals surface area contributed by atoms with Crippen LogP contribution in [0.3, 0.4) is 0 Å². The van der Waals surface area contributed by atoms with Crippen LogP contribution in [0.2, 0.25) is 0 Å². The predicted molar refractivity (Wildman–Crippen MR) is 181 cm³/mol. The SMILES string of the molecule is CC(C)(C)Cn1cc(Cc2cn(CC(C)(C)C)nn2)nn1.CCC.CCC(C)C.CCC(C)C.c1cn[nH]n1.c1cn[nH]n1. The van der Waals surface area contributed by atoms with Crippen LogP contribution in [0, 0.1) is 22.7 Å². The molecule has 0 spiro atoms. The first-order valence-electron chi connectivity index (χ1n) is 15.9. The van der Waals surface area contributed by atoms with Crippen LogP contribution >= 0.6 is 0 Å². The zero-order chi connectivity index (χ0) is 34.0. The number of H-pyrrole nitrogens is 2. The van der Waals surface area contributed by atoms with Crippen molar-refractivity contribution >= 4 is 0 Å². The molecule has 4 rings (SSSR count). The van der Waals surface area contributed by atoms with Crippen molar-refractivity contribution in [2.45, 2.75) is 136 Å². The third-order valence-corrected chi connectivity index (χ3v) is 5.10. The lowest BCUT2D eigenvalue weighted by Gasteiger charge is -2.16. The summed E-state index contributed by atoms with van der Waals surface area (Å²) >= 11 is 0. The molecule has 0 aliphatic heterocycles. The minimum atomic E-state index is 0.195. The van der Waals surface area contributed by atoms with E-state index in [9.17, 15) is 0 Å². The molecule has 12 heteroatoms. The summed E-state index contributed by atoms with van der Waals surface area (Å²) in [4.78, 5) is 0. The Hall–Kier alpha value is -3.44. The molecule has 0 unspecified atom stereocenters. The molecule has 2 N–H and O–H groups in total. The van der Waals surface area contributed by atoms with Crippen LogP contribution in [0.15, 0.2) is 37.2 Å². The molecule has 0 fully saturated rings. The first-order valence-corrected chi connectivity index (χ1v) is 15.9. The van der Waals surface area contributed by atoms with Gasteiger partial charge in [-0.1, -0.05) is 127 Å². The monoisotopic (exact) mass is 617 g/mol. The Labute approximate surface area is 267 Å². The van der Waals surface area contributed by atoms with Gasteiger partial charge in [0.1, 0.15) is 0 Å². The topological polar surface area (TPSA) is 145 Å². The van der Waals surface area contributed by atoms with E-state index >= 15 is 0 Å². The van der Waals surface area contributed by atoms with E-state index in [4.69, 9.17) is 0 Å². The molecule has 12 nitrogen and oxygen atoms in total. The smallest absolute Gasteiger partial charge is 0.0887 e. The Bertz CT molecular complexity index is 962. The van der Waals surface area contributed by atoms with Crippen molar-refractivity contribution in [1.82, 2.24) is 60.8 Å². The van der Waals surface area contributed by atoms with Crippen molar-refractivity contribution in [3.8, 4) is 0 Å². The van der Waals surface area contributed by atoms with Crippen LogP contribution < -0.4 is 0 Å². The van der Waals surface area contributed by atoms with Gasteiger partial charge in [-0.15, -0.1) is 10.2 Å². The van der Waals surface area contributed by atoms with Gasteiger partial charge in [0.25, 0.3) is 0 Å². The van der Waals surface area contributed by atoms with E-state index in [1.165, 1.54) is 19.3 Å². The van der Waals surface area contributed by atoms with Gasteiger partial charge < -0.3 is 0 Å². The van der Waals surface area contributed by atoms with Crippen molar-refractivity contribution in [3.05, 3.63) is 48.6 Å². The van der Waals surface area contributed by atoms with Gasteiger partial charge in [0.15, 0.2) is 0 Å². The molecular formula is C32H64N12. The standard InChI is InChI=1S/C15H26N6.2C5H12.C3H8.2C2H3N3/c1-14(2,3)10-20-8-12(16-18-20)7-13-9-21(19-17-13)11-15(4,5)6;2*1-4-5(2)3;1-3-2;2*1-2-4-5-3-1/h8-9H,7,10-11H2,1-6H3;2*5H,4H2,1-3H3;3H2,1-2H3;2*1-2H,(H,3,4,5). The summed E-state index contributed by atoms with van der Waals surface area (Å²) in [6, 6.07) is 0. The normalized spacial score (nSPS) is 10.5. The van der Waals surface area contributed by atoms with Crippen molar-refractivity contribution in [2.24, 2.45) is 22.7 Å². The number of aromatic nitrogens is 12. The molecule has 4 aromatic heterocycles. The van der Waals surface area contributed by atoms with Gasteiger partial charge in [0.05, 0.1) is 36.2 Å². The summed E-state index contributed by atoms with van der Waals surface area (Å²) in [6.07, 6.45) is 14.9. The first-order chi connectivity index (χ1) is 20.6. The van der Waals surface area contributed by atoms with Crippen LogP contribution in [0.1, 0.15) is 128 Å². The molecule has 0 bridgehead atoms. The fraction of sp³-hybridized carbons (Fsp3) is 0.750. The Balaban J connectivity index is 0. The van der Waals surface area contributed by atoms with Crippen molar-refractivity contribution in [1.29, 1.82) is 0 Å². The molecular weight excluding hydrogens is 552 g/mol. The molecule has 0 aliphatic carbocycles. The van der Waals surface area contributed by atoms with Gasteiger partial charge in [0.2, 0.25) is 0 Å². The van der Waals surface area contributed by atoms with Crippen molar-refractivity contribution < 1.29 is 0 Å². The molecule has 0 saturated carbocycles. The number of hydrogen-bond acceptors (Lipinski definition) is 8. The molecule has 4 heterocycles. The summed E-state index contributed by atoms with van der Waals surface area (Å²) in [5.41, 5.74) is 2.26. The van der Waals surface area contributed by atoms with E-state index in [0.717, 1.165) is 36.3 Å². The second-order valence-corrected chi connectivity index (χ2v) is 13.7. The molecule has 0 amide bonds. The Morgan fingerprint density at radius 1 is 0.591 bits per heavy atom. The van der Waals surface area contributed by atoms with Crippen LogP contribution in [0.25, 0.3) is 0 Å². The maximum absolute atomic E-state index is 4.22. The Morgan fingerprint density at radius 2 is 0.864 bits per heavy atom. The highest BCUT2D eigenvalue weighted by Gasteiger charge is 2.15. The van der Waals surface area contributed by atoms with Gasteiger partial charge in [-0.05, 0) is 22.7 Å². The summed E-state index contributed by atoms with van der Waals surface area (Å²) in [5, 5.41) is 35.4. The second-order valence-electron chi connectivity index (χ2n) is 13.7. The van der Waals surface area contributed by atoms with Crippen LogP contribution in [-0.2, 0) is 19.5 Å². The Morgan fingerprint density at radius 3 is 1.05 bits per heavy atom. The van der Waals surface area contributed by atoms with E-state index < -0.39 is 0 Å². The van der Waals surface area contributed by atoms with Crippen molar-refractivity contribution in [3.63, 3.8) is 0 Å². The third kappa shape index (κ3) is 30.0. The number of rotatable bonds is 6. The number of hydrogen-bond donors (Lipinski definition) is 2. The zero-order valence-electron chi connectivity index (χ0n) is 30.3. The quantitative estimate of drug-likeness (QED) is 0.224. The van der Waals surface area contributed by atoms with E-state index in [-0.39, 0.29) is 10.8 Å². The van der Waals surface area contributed by atoms with Gasteiger partial charge >= 0.3 is 0 Å². The lowest BCUT2D eigenvalue weighted by molar-refractivity contribution is 0.321. The highest BCUT2D eigenvalue weighted by atomic mass is 15.4. The molecule has 0 aliphatic rings. The third-order valence-electron chi connectivity index (χ3n) is 5.10. The van der Waals surface area contributed by atoms with Crippen LogP contribution in [-0.4, -0.2) is 60.8 Å². The zero-order valence-corrected chi connectivity index (χ0v) is 30.3. The maximum atomic E-state index is 4.22.